The minimum absolute atomic E-state index is 0.118. The van der Waals surface area contributed by atoms with Gasteiger partial charge in [0, 0.05) is 12.7 Å². The van der Waals surface area contributed by atoms with Gasteiger partial charge < -0.3 is 10.1 Å². The number of aromatic nitrogens is 1. The van der Waals surface area contributed by atoms with Crippen LogP contribution in [0.4, 0.5) is 0 Å². The molecular formula is C12H16N2O2. The summed E-state index contributed by atoms with van der Waals surface area (Å²) in [6.45, 7) is 2.01. The molecule has 4 nitrogen and oxygen atoms in total. The minimum Gasteiger partial charge on any atom is -0.488 e. The van der Waals surface area contributed by atoms with Crippen LogP contribution in [0.2, 0.25) is 0 Å². The van der Waals surface area contributed by atoms with Gasteiger partial charge in [0.1, 0.15) is 0 Å². The zero-order chi connectivity index (χ0) is 11.5. The van der Waals surface area contributed by atoms with E-state index in [0.29, 0.717) is 11.3 Å². The van der Waals surface area contributed by atoms with Crippen LogP contribution in [0.3, 0.4) is 0 Å². The van der Waals surface area contributed by atoms with Crippen molar-refractivity contribution in [2.75, 3.05) is 7.05 Å². The highest BCUT2D eigenvalue weighted by Gasteiger charge is 2.25. The van der Waals surface area contributed by atoms with Crippen molar-refractivity contribution in [3.63, 3.8) is 0 Å². The maximum atomic E-state index is 11.7. The van der Waals surface area contributed by atoms with Crippen LogP contribution in [0.15, 0.2) is 12.3 Å². The van der Waals surface area contributed by atoms with Crippen molar-refractivity contribution in [1.29, 1.82) is 0 Å². The Morgan fingerprint density at radius 2 is 2.38 bits per heavy atom. The van der Waals surface area contributed by atoms with Gasteiger partial charge in [-0.25, -0.2) is 0 Å². The van der Waals surface area contributed by atoms with Crippen LogP contribution in [-0.2, 0) is 6.42 Å². The fourth-order valence-electron chi connectivity index (χ4n) is 1.45. The topological polar surface area (TPSA) is 51.2 Å². The standard InChI is InChI=1S/C12H16N2O2/c1-3-8-6-10(12(15)13-2)11(7-14-8)16-9-4-5-9/h6-7,9H,3-5H2,1-2H3,(H,13,15). The Kier molecular flexibility index (Phi) is 3.08. The first-order valence-corrected chi connectivity index (χ1v) is 5.62. The van der Waals surface area contributed by atoms with Gasteiger partial charge in [0.25, 0.3) is 5.91 Å². The summed E-state index contributed by atoms with van der Waals surface area (Å²) in [6.07, 6.45) is 4.89. The van der Waals surface area contributed by atoms with Gasteiger partial charge in [-0.3, -0.25) is 9.78 Å². The van der Waals surface area contributed by atoms with E-state index in [0.717, 1.165) is 25.0 Å². The van der Waals surface area contributed by atoms with Crippen LogP contribution < -0.4 is 10.1 Å². The number of pyridine rings is 1. The van der Waals surface area contributed by atoms with Crippen LogP contribution in [-0.4, -0.2) is 24.0 Å². The highest BCUT2D eigenvalue weighted by Crippen LogP contribution is 2.29. The predicted octanol–water partition coefficient (Wildman–Crippen LogP) is 1.54. The molecule has 86 valence electrons. The number of hydrogen-bond donors (Lipinski definition) is 1. The molecule has 1 aromatic heterocycles. The summed E-state index contributed by atoms with van der Waals surface area (Å²) in [5.74, 6) is 0.479. The van der Waals surface area contributed by atoms with Gasteiger partial charge in [-0.1, -0.05) is 6.92 Å². The second-order valence-electron chi connectivity index (χ2n) is 3.92. The van der Waals surface area contributed by atoms with Crippen molar-refractivity contribution in [3.05, 3.63) is 23.5 Å². The smallest absolute Gasteiger partial charge is 0.254 e. The van der Waals surface area contributed by atoms with Crippen LogP contribution in [0.25, 0.3) is 0 Å². The lowest BCUT2D eigenvalue weighted by atomic mass is 10.1. The zero-order valence-electron chi connectivity index (χ0n) is 9.62. The molecule has 0 spiro atoms. The van der Waals surface area contributed by atoms with Crippen molar-refractivity contribution in [3.8, 4) is 5.75 Å². The molecule has 1 amide bonds. The molecule has 0 atom stereocenters. The third-order valence-corrected chi connectivity index (χ3v) is 2.58. The van der Waals surface area contributed by atoms with E-state index in [2.05, 4.69) is 10.3 Å². The lowest BCUT2D eigenvalue weighted by molar-refractivity contribution is 0.0958. The quantitative estimate of drug-likeness (QED) is 0.837. The second-order valence-corrected chi connectivity index (χ2v) is 3.92. The number of rotatable bonds is 4. The molecule has 1 N–H and O–H groups in total. The van der Waals surface area contributed by atoms with Crippen molar-refractivity contribution in [2.24, 2.45) is 0 Å². The Balaban J connectivity index is 2.29. The number of hydrogen-bond acceptors (Lipinski definition) is 3. The van der Waals surface area contributed by atoms with Gasteiger partial charge in [-0.2, -0.15) is 0 Å². The average Bonchev–Trinajstić information content (AvgIpc) is 3.12. The predicted molar refractivity (Wildman–Crippen MR) is 60.7 cm³/mol. The van der Waals surface area contributed by atoms with E-state index in [1.807, 2.05) is 6.92 Å². The Hall–Kier alpha value is -1.58. The molecule has 0 aromatic carbocycles. The van der Waals surface area contributed by atoms with Gasteiger partial charge in [0.15, 0.2) is 5.75 Å². The van der Waals surface area contributed by atoms with Crippen molar-refractivity contribution < 1.29 is 9.53 Å². The van der Waals surface area contributed by atoms with Crippen LogP contribution in [0.1, 0.15) is 35.8 Å². The van der Waals surface area contributed by atoms with Crippen LogP contribution >= 0.6 is 0 Å². The van der Waals surface area contributed by atoms with E-state index in [4.69, 9.17) is 4.74 Å². The number of amides is 1. The zero-order valence-corrected chi connectivity index (χ0v) is 9.62. The van der Waals surface area contributed by atoms with E-state index >= 15 is 0 Å². The fraction of sp³-hybridized carbons (Fsp3) is 0.500. The summed E-state index contributed by atoms with van der Waals surface area (Å²) >= 11 is 0. The molecule has 2 rings (SSSR count). The molecule has 1 aromatic rings. The molecule has 1 saturated carbocycles. The van der Waals surface area contributed by atoms with E-state index in [1.165, 1.54) is 0 Å². The maximum Gasteiger partial charge on any atom is 0.254 e. The first-order valence-electron chi connectivity index (χ1n) is 5.62. The third-order valence-electron chi connectivity index (χ3n) is 2.58. The fourth-order valence-corrected chi connectivity index (χ4v) is 1.45. The Morgan fingerprint density at radius 1 is 1.62 bits per heavy atom. The molecule has 0 aliphatic heterocycles. The second kappa shape index (κ2) is 4.51. The van der Waals surface area contributed by atoms with E-state index in [1.54, 1.807) is 19.3 Å². The van der Waals surface area contributed by atoms with E-state index < -0.39 is 0 Å². The molecule has 0 radical (unpaired) electrons. The first-order chi connectivity index (χ1) is 7.74. The molecular weight excluding hydrogens is 204 g/mol. The maximum absolute atomic E-state index is 11.7. The van der Waals surface area contributed by atoms with Crippen molar-refractivity contribution in [2.45, 2.75) is 32.3 Å². The van der Waals surface area contributed by atoms with Crippen molar-refractivity contribution in [1.82, 2.24) is 10.3 Å². The lowest BCUT2D eigenvalue weighted by Crippen LogP contribution is -2.19. The number of carbonyl (C=O) groups is 1. The highest BCUT2D eigenvalue weighted by atomic mass is 16.5. The van der Waals surface area contributed by atoms with Crippen molar-refractivity contribution >= 4 is 5.91 Å². The normalized spacial score (nSPS) is 14.6. The monoisotopic (exact) mass is 220 g/mol. The summed E-state index contributed by atoms with van der Waals surface area (Å²) in [7, 11) is 1.62. The molecule has 0 saturated heterocycles. The Labute approximate surface area is 95.0 Å². The molecule has 1 aliphatic carbocycles. The van der Waals surface area contributed by atoms with Gasteiger partial charge in [0.2, 0.25) is 0 Å². The number of carbonyl (C=O) groups excluding carboxylic acids is 1. The summed E-state index contributed by atoms with van der Waals surface area (Å²) in [4.78, 5) is 15.9. The third kappa shape index (κ3) is 2.32. The minimum atomic E-state index is -0.118. The lowest BCUT2D eigenvalue weighted by Gasteiger charge is -2.10. The summed E-state index contributed by atoms with van der Waals surface area (Å²) < 4.78 is 5.66. The highest BCUT2D eigenvalue weighted by molar-refractivity contribution is 5.96. The number of ether oxygens (including phenoxy) is 1. The average molecular weight is 220 g/mol. The largest absolute Gasteiger partial charge is 0.488 e. The number of nitrogens with zero attached hydrogens (tertiary/aromatic N) is 1. The van der Waals surface area contributed by atoms with Crippen LogP contribution in [0, 0.1) is 0 Å². The molecule has 0 unspecified atom stereocenters. The Morgan fingerprint density at radius 3 is 2.94 bits per heavy atom. The molecule has 0 bridgehead atoms. The summed E-state index contributed by atoms with van der Waals surface area (Å²) in [6, 6.07) is 1.80. The molecule has 1 aliphatic rings. The van der Waals surface area contributed by atoms with Crippen LogP contribution in [0.5, 0.6) is 5.75 Å². The SMILES string of the molecule is CCc1cc(C(=O)NC)c(OC2CC2)cn1. The molecule has 1 heterocycles. The molecule has 4 heteroatoms. The Bertz CT molecular complexity index is 400. The van der Waals surface area contributed by atoms with Gasteiger partial charge >= 0.3 is 0 Å². The summed E-state index contributed by atoms with van der Waals surface area (Å²) in [5, 5.41) is 2.62. The first kappa shape index (κ1) is 10.9. The summed E-state index contributed by atoms with van der Waals surface area (Å²) in [5.41, 5.74) is 1.49. The van der Waals surface area contributed by atoms with Gasteiger partial charge in [-0.05, 0) is 25.3 Å². The molecule has 1 fully saturated rings. The number of aryl methyl sites for hydroxylation is 1. The van der Waals surface area contributed by atoms with E-state index in [9.17, 15) is 4.79 Å². The molecule has 16 heavy (non-hydrogen) atoms. The van der Waals surface area contributed by atoms with E-state index in [-0.39, 0.29) is 12.0 Å². The van der Waals surface area contributed by atoms with Gasteiger partial charge in [0.05, 0.1) is 17.9 Å². The van der Waals surface area contributed by atoms with Gasteiger partial charge in [-0.15, -0.1) is 0 Å². The number of nitrogens with one attached hydrogen (secondary N) is 1.